The smallest absolute Gasteiger partial charge is 0.416 e. The highest BCUT2D eigenvalue weighted by Crippen LogP contribution is 2.28. The normalized spacial score (nSPS) is 10.3. The van der Waals surface area contributed by atoms with Gasteiger partial charge in [-0.05, 0) is 36.4 Å². The van der Waals surface area contributed by atoms with Crippen LogP contribution in [0.5, 0.6) is 0 Å². The number of aromatic nitrogens is 1. The Kier molecular flexibility index (Phi) is 5.67. The molecule has 0 saturated carbocycles. The first-order chi connectivity index (χ1) is 9.84. The van der Waals surface area contributed by atoms with E-state index in [0.717, 1.165) is 24.3 Å². The van der Waals surface area contributed by atoms with E-state index in [1.54, 1.807) is 12.3 Å². The number of nitrogen functional groups attached to an aromatic ring is 1. The highest BCUT2D eigenvalue weighted by Gasteiger charge is 2.30. The van der Waals surface area contributed by atoms with Crippen LogP contribution in [-0.4, -0.2) is 16.1 Å². The molecule has 1 aromatic heterocycles. The molecule has 8 heteroatoms. The highest BCUT2D eigenvalue weighted by molar-refractivity contribution is 5.87. The molecule has 21 heavy (non-hydrogen) atoms. The molecule has 1 heterocycles. The van der Waals surface area contributed by atoms with Gasteiger partial charge < -0.3 is 10.5 Å². The number of pyridine rings is 1. The van der Waals surface area contributed by atoms with Crippen LogP contribution in [0.1, 0.15) is 15.9 Å². The first-order valence-electron chi connectivity index (χ1n) is 5.63. The van der Waals surface area contributed by atoms with Crippen LogP contribution in [-0.2, 0) is 6.18 Å². The van der Waals surface area contributed by atoms with Gasteiger partial charge in [0.1, 0.15) is 5.82 Å². The van der Waals surface area contributed by atoms with Gasteiger partial charge in [0.15, 0.2) is 0 Å². The maximum Gasteiger partial charge on any atom is 0.416 e. The number of rotatable bonds is 2. The number of hydrazine groups is 1. The summed E-state index contributed by atoms with van der Waals surface area (Å²) >= 11 is 0. The van der Waals surface area contributed by atoms with Crippen LogP contribution in [0, 0.1) is 0 Å². The van der Waals surface area contributed by atoms with Crippen molar-refractivity contribution in [3.8, 4) is 0 Å². The average Bonchev–Trinajstić information content (AvgIpc) is 2.48. The number of nitrogens with two attached hydrogens (primary N) is 1. The second kappa shape index (κ2) is 7.25. The lowest BCUT2D eigenvalue weighted by molar-refractivity contribution is -0.137. The first kappa shape index (κ1) is 16.4. The zero-order valence-corrected chi connectivity index (χ0v) is 10.6. The molecule has 0 bridgehead atoms. The summed E-state index contributed by atoms with van der Waals surface area (Å²) in [6.45, 7) is 0. The minimum absolute atomic E-state index is 0.159. The first-order valence-corrected chi connectivity index (χ1v) is 5.63. The van der Waals surface area contributed by atoms with Crippen molar-refractivity contribution in [1.82, 2.24) is 4.98 Å². The maximum absolute atomic E-state index is 12.0. The number of hydrogen-bond donors (Lipinski definition) is 3. The lowest BCUT2D eigenvalue weighted by Gasteiger charge is -2.05. The molecule has 0 aliphatic rings. The summed E-state index contributed by atoms with van der Waals surface area (Å²) < 4.78 is 35.9. The summed E-state index contributed by atoms with van der Waals surface area (Å²) in [7, 11) is 0. The summed E-state index contributed by atoms with van der Waals surface area (Å²) in [6.07, 6.45) is -2.74. The van der Waals surface area contributed by atoms with Gasteiger partial charge in [-0.15, -0.1) is 0 Å². The Labute approximate surface area is 118 Å². The van der Waals surface area contributed by atoms with Gasteiger partial charge in [0.05, 0.1) is 11.1 Å². The Morgan fingerprint density at radius 3 is 2.10 bits per heavy atom. The predicted molar refractivity (Wildman–Crippen MR) is 70.5 cm³/mol. The quantitative estimate of drug-likeness (QED) is 0.586. The molecule has 0 aliphatic heterocycles. The number of aromatic carboxylic acids is 1. The summed E-state index contributed by atoms with van der Waals surface area (Å²) in [5.74, 6) is 4.48. The fraction of sp³-hybridized carbons (Fsp3) is 0.0769. The number of halogens is 3. The Hall–Kier alpha value is -2.61. The van der Waals surface area contributed by atoms with Gasteiger partial charge in [0.2, 0.25) is 0 Å². The summed E-state index contributed by atoms with van der Waals surface area (Å²) in [5.41, 5.74) is 1.41. The van der Waals surface area contributed by atoms with E-state index < -0.39 is 17.7 Å². The number of nitrogens with zero attached hydrogens (tertiary/aromatic N) is 1. The van der Waals surface area contributed by atoms with Crippen LogP contribution in [0.3, 0.4) is 0 Å². The van der Waals surface area contributed by atoms with Crippen LogP contribution in [0.2, 0.25) is 0 Å². The van der Waals surface area contributed by atoms with Crippen molar-refractivity contribution < 1.29 is 23.1 Å². The lowest BCUT2D eigenvalue weighted by atomic mass is 10.1. The van der Waals surface area contributed by atoms with Gasteiger partial charge in [0, 0.05) is 6.20 Å². The van der Waals surface area contributed by atoms with Gasteiger partial charge >= 0.3 is 12.1 Å². The molecular formula is C13H12F3N3O2. The second-order valence-electron chi connectivity index (χ2n) is 3.74. The van der Waals surface area contributed by atoms with Crippen LogP contribution in [0.25, 0.3) is 0 Å². The number of nitrogens with one attached hydrogen (secondary N) is 1. The molecule has 5 nitrogen and oxygen atoms in total. The third-order valence-corrected chi connectivity index (χ3v) is 2.27. The number of carbonyl (C=O) groups is 1. The zero-order valence-electron chi connectivity index (χ0n) is 10.6. The minimum atomic E-state index is -4.42. The van der Waals surface area contributed by atoms with Crippen LogP contribution in [0.4, 0.5) is 19.0 Å². The largest absolute Gasteiger partial charge is 0.478 e. The van der Waals surface area contributed by atoms with Crippen molar-refractivity contribution in [1.29, 1.82) is 0 Å². The Morgan fingerprint density at radius 1 is 1.14 bits per heavy atom. The van der Waals surface area contributed by atoms with Crippen LogP contribution in [0.15, 0.2) is 48.7 Å². The number of anilines is 1. The van der Waals surface area contributed by atoms with Crippen molar-refractivity contribution in [3.05, 3.63) is 59.8 Å². The summed E-state index contributed by atoms with van der Waals surface area (Å²) in [6, 6.07) is 8.81. The van der Waals surface area contributed by atoms with Gasteiger partial charge in [-0.25, -0.2) is 15.6 Å². The number of carboxylic acids is 1. The molecule has 2 rings (SSSR count). The molecule has 0 unspecified atom stereocenters. The van der Waals surface area contributed by atoms with E-state index in [4.69, 9.17) is 10.9 Å². The predicted octanol–water partition coefficient (Wildman–Crippen LogP) is 2.77. The molecule has 2 aromatic rings. The molecule has 0 saturated heterocycles. The fourth-order valence-corrected chi connectivity index (χ4v) is 1.25. The molecule has 0 fully saturated rings. The Balaban J connectivity index is 0.000000235. The summed E-state index contributed by atoms with van der Waals surface area (Å²) in [4.78, 5) is 14.1. The molecule has 0 atom stereocenters. The number of alkyl halides is 3. The van der Waals surface area contributed by atoms with E-state index >= 15 is 0 Å². The van der Waals surface area contributed by atoms with E-state index in [0.29, 0.717) is 5.82 Å². The number of benzene rings is 1. The van der Waals surface area contributed by atoms with Crippen molar-refractivity contribution in [2.75, 3.05) is 5.43 Å². The SMILES string of the molecule is NNc1ccccn1.O=C(O)c1ccc(C(F)(F)F)cc1. The molecule has 1 aromatic carbocycles. The Bertz CT molecular complexity index is 571. The number of carboxylic acid groups (broad SMARTS) is 1. The van der Waals surface area contributed by atoms with E-state index in [-0.39, 0.29) is 5.56 Å². The standard InChI is InChI=1S/C8H5F3O2.C5H7N3/c9-8(10,11)6-3-1-5(2-4-6)7(12)13;6-8-5-3-1-2-4-7-5/h1-4H,(H,12,13);1-4H,6H2,(H,7,8). The average molecular weight is 299 g/mol. The third kappa shape index (κ3) is 5.49. The van der Waals surface area contributed by atoms with Crippen LogP contribution >= 0.6 is 0 Å². The number of hydrogen-bond acceptors (Lipinski definition) is 4. The molecular weight excluding hydrogens is 287 g/mol. The molecule has 112 valence electrons. The fourth-order valence-electron chi connectivity index (χ4n) is 1.25. The minimum Gasteiger partial charge on any atom is -0.478 e. The zero-order chi connectivity index (χ0) is 15.9. The van der Waals surface area contributed by atoms with Gasteiger partial charge in [-0.3, -0.25) is 0 Å². The monoisotopic (exact) mass is 299 g/mol. The van der Waals surface area contributed by atoms with E-state index in [1.165, 1.54) is 0 Å². The molecule has 0 radical (unpaired) electrons. The van der Waals surface area contributed by atoms with Crippen LogP contribution < -0.4 is 11.3 Å². The van der Waals surface area contributed by atoms with E-state index in [9.17, 15) is 18.0 Å². The molecule has 4 N–H and O–H groups in total. The van der Waals surface area contributed by atoms with Crippen molar-refractivity contribution in [2.24, 2.45) is 5.84 Å². The van der Waals surface area contributed by atoms with Gasteiger partial charge in [-0.2, -0.15) is 13.2 Å². The van der Waals surface area contributed by atoms with Crippen molar-refractivity contribution >= 4 is 11.8 Å². The topological polar surface area (TPSA) is 88.2 Å². The lowest BCUT2D eigenvalue weighted by Crippen LogP contribution is -2.07. The van der Waals surface area contributed by atoms with Gasteiger partial charge in [0.25, 0.3) is 0 Å². The third-order valence-electron chi connectivity index (χ3n) is 2.27. The molecule has 0 spiro atoms. The van der Waals surface area contributed by atoms with E-state index in [2.05, 4.69) is 10.4 Å². The van der Waals surface area contributed by atoms with E-state index in [1.807, 2.05) is 12.1 Å². The van der Waals surface area contributed by atoms with Crippen molar-refractivity contribution in [2.45, 2.75) is 6.18 Å². The van der Waals surface area contributed by atoms with Gasteiger partial charge in [-0.1, -0.05) is 6.07 Å². The molecule has 0 aliphatic carbocycles. The molecule has 0 amide bonds. The van der Waals surface area contributed by atoms with Crippen molar-refractivity contribution in [3.63, 3.8) is 0 Å². The Morgan fingerprint density at radius 2 is 1.76 bits per heavy atom. The maximum atomic E-state index is 12.0. The highest BCUT2D eigenvalue weighted by atomic mass is 19.4. The second-order valence-corrected chi connectivity index (χ2v) is 3.74. The summed E-state index contributed by atoms with van der Waals surface area (Å²) in [5, 5.41) is 8.40.